The lowest BCUT2D eigenvalue weighted by molar-refractivity contribution is -0.169. The van der Waals surface area contributed by atoms with Crippen molar-refractivity contribution >= 4 is 17.7 Å². The second kappa shape index (κ2) is 8.85. The molecule has 9 heteroatoms. The maximum Gasteiger partial charge on any atom is 0.258 e. The van der Waals surface area contributed by atoms with E-state index in [4.69, 9.17) is 9.47 Å². The Hall–Kier alpha value is -3.22. The van der Waals surface area contributed by atoms with E-state index in [0.29, 0.717) is 56.6 Å². The molecule has 9 nitrogen and oxygen atoms in total. The van der Waals surface area contributed by atoms with E-state index < -0.39 is 23.5 Å². The summed E-state index contributed by atoms with van der Waals surface area (Å²) in [5.41, 5.74) is 1.91. The van der Waals surface area contributed by atoms with Crippen LogP contribution in [0.4, 0.5) is 11.8 Å². The van der Waals surface area contributed by atoms with Crippen LogP contribution in [0.3, 0.4) is 0 Å². The highest BCUT2D eigenvalue weighted by atomic mass is 16.7. The minimum atomic E-state index is -1.01. The van der Waals surface area contributed by atoms with E-state index in [2.05, 4.69) is 35.2 Å². The van der Waals surface area contributed by atoms with Gasteiger partial charge in [-0.15, -0.1) is 0 Å². The second-order valence-electron chi connectivity index (χ2n) is 9.66. The van der Waals surface area contributed by atoms with E-state index in [1.807, 2.05) is 29.2 Å². The molecule has 1 spiro atoms. The normalized spacial score (nSPS) is 23.6. The van der Waals surface area contributed by atoms with Gasteiger partial charge in [0, 0.05) is 31.8 Å². The first-order chi connectivity index (χ1) is 16.4. The summed E-state index contributed by atoms with van der Waals surface area (Å²) in [5, 5.41) is 12.5. The maximum absolute atomic E-state index is 13.3. The summed E-state index contributed by atoms with van der Waals surface area (Å²) >= 11 is 0. The van der Waals surface area contributed by atoms with Gasteiger partial charge in [-0.3, -0.25) is 14.6 Å². The number of anilines is 2. The monoisotopic (exact) mass is 463 g/mol. The van der Waals surface area contributed by atoms with Crippen LogP contribution in [-0.4, -0.2) is 48.0 Å². The highest BCUT2D eigenvalue weighted by Crippen LogP contribution is 2.39. The van der Waals surface area contributed by atoms with Crippen LogP contribution in [0.15, 0.2) is 29.1 Å². The molecule has 0 saturated carbocycles. The van der Waals surface area contributed by atoms with Gasteiger partial charge >= 0.3 is 0 Å². The van der Waals surface area contributed by atoms with Gasteiger partial charge in [0.05, 0.1) is 24.8 Å². The zero-order valence-corrected chi connectivity index (χ0v) is 19.5. The van der Waals surface area contributed by atoms with Crippen LogP contribution in [-0.2, 0) is 20.7 Å². The topological polar surface area (TPSA) is 120 Å². The fraction of sp³-hybridized carbons (Fsp3) is 0.520. The number of hydrogen-bond donors (Lipinski definition) is 2. The number of nitrogens with zero attached hydrogens (tertiary/aromatic N) is 3. The van der Waals surface area contributed by atoms with Crippen molar-refractivity contribution in [2.24, 2.45) is 11.8 Å². The standard InChI is InChI=1S/C25H29N5O4/c1-15(2)13-16-3-5-17(6-4-16)19-18(14-26)22(31)27-21-20(19)23(32)29-24(28-21)30-9-7-25(8-10-30)33-11-12-34-25/h3-6,15,18-19H,7-13H2,1-2H3,(H2,27,28,29,31,32). The zero-order valence-electron chi connectivity index (χ0n) is 19.5. The predicted octanol–water partition coefficient (Wildman–Crippen LogP) is 2.54. The lowest BCUT2D eigenvalue weighted by atomic mass is 9.79. The number of amides is 1. The Balaban J connectivity index is 1.47. The number of nitriles is 1. The van der Waals surface area contributed by atoms with Crippen LogP contribution in [0.2, 0.25) is 0 Å². The number of carbonyl (C=O) groups is 1. The summed E-state index contributed by atoms with van der Waals surface area (Å²) in [6.45, 7) is 6.72. The number of aromatic nitrogens is 2. The molecular weight excluding hydrogens is 434 g/mol. The largest absolute Gasteiger partial charge is 0.347 e. The molecule has 1 amide bonds. The molecule has 2 fully saturated rings. The summed E-state index contributed by atoms with van der Waals surface area (Å²) in [6.07, 6.45) is 2.27. The third kappa shape index (κ3) is 4.08. The molecule has 34 heavy (non-hydrogen) atoms. The Morgan fingerprint density at radius 1 is 1.18 bits per heavy atom. The highest BCUT2D eigenvalue weighted by Gasteiger charge is 2.42. The summed E-state index contributed by atoms with van der Waals surface area (Å²) in [6, 6.07) is 9.92. The van der Waals surface area contributed by atoms with Crippen LogP contribution in [0.1, 0.15) is 49.3 Å². The molecule has 0 bridgehead atoms. The first-order valence-electron chi connectivity index (χ1n) is 11.9. The molecule has 1 aromatic heterocycles. The molecule has 5 rings (SSSR count). The van der Waals surface area contributed by atoms with E-state index in [-0.39, 0.29) is 11.4 Å². The van der Waals surface area contributed by atoms with Crippen molar-refractivity contribution in [1.82, 2.24) is 9.97 Å². The van der Waals surface area contributed by atoms with Gasteiger partial charge in [0.1, 0.15) is 11.7 Å². The molecule has 2 unspecified atom stereocenters. The van der Waals surface area contributed by atoms with Crippen LogP contribution < -0.4 is 15.8 Å². The van der Waals surface area contributed by atoms with Gasteiger partial charge in [0.15, 0.2) is 5.79 Å². The Morgan fingerprint density at radius 3 is 2.47 bits per heavy atom. The number of fused-ring (bicyclic) bond motifs is 1. The predicted molar refractivity (Wildman–Crippen MR) is 125 cm³/mol. The van der Waals surface area contributed by atoms with E-state index in [9.17, 15) is 14.9 Å². The summed E-state index contributed by atoms with van der Waals surface area (Å²) in [4.78, 5) is 35.6. The Kier molecular flexibility index (Phi) is 5.88. The number of piperidine rings is 1. The molecule has 178 valence electrons. The van der Waals surface area contributed by atoms with E-state index in [1.165, 1.54) is 5.56 Å². The summed E-state index contributed by atoms with van der Waals surface area (Å²) in [5.74, 6) is -1.53. The molecule has 2 aromatic rings. The molecule has 2 atom stereocenters. The minimum absolute atomic E-state index is 0.222. The van der Waals surface area contributed by atoms with Crippen molar-refractivity contribution in [2.45, 2.75) is 44.8 Å². The summed E-state index contributed by atoms with van der Waals surface area (Å²) < 4.78 is 11.6. The molecule has 1 aromatic carbocycles. The first-order valence-corrected chi connectivity index (χ1v) is 11.9. The molecular formula is C25H29N5O4. The second-order valence-corrected chi connectivity index (χ2v) is 9.66. The highest BCUT2D eigenvalue weighted by molar-refractivity contribution is 5.98. The average Bonchev–Trinajstić information content (AvgIpc) is 3.26. The van der Waals surface area contributed by atoms with Crippen LogP contribution in [0.25, 0.3) is 0 Å². The number of benzene rings is 1. The minimum Gasteiger partial charge on any atom is -0.347 e. The number of H-pyrrole nitrogens is 1. The Morgan fingerprint density at radius 2 is 1.85 bits per heavy atom. The SMILES string of the molecule is CC(C)Cc1ccc(C2c3c(nc(N4CCC5(CC4)OCCO5)[nH]c3=O)NC(=O)C2C#N)cc1. The van der Waals surface area contributed by atoms with E-state index >= 15 is 0 Å². The molecule has 2 N–H and O–H groups in total. The van der Waals surface area contributed by atoms with Crippen molar-refractivity contribution in [3.05, 3.63) is 51.3 Å². The van der Waals surface area contributed by atoms with E-state index in [0.717, 1.165) is 12.0 Å². The van der Waals surface area contributed by atoms with Gasteiger partial charge in [-0.25, -0.2) is 0 Å². The third-order valence-electron chi connectivity index (χ3n) is 6.87. The molecule has 2 saturated heterocycles. The van der Waals surface area contributed by atoms with Gasteiger partial charge in [0.2, 0.25) is 11.9 Å². The summed E-state index contributed by atoms with van der Waals surface area (Å²) in [7, 11) is 0. The third-order valence-corrected chi connectivity index (χ3v) is 6.87. The van der Waals surface area contributed by atoms with Crippen molar-refractivity contribution in [3.8, 4) is 6.07 Å². The average molecular weight is 464 g/mol. The molecule has 0 radical (unpaired) electrons. The van der Waals surface area contributed by atoms with E-state index in [1.54, 1.807) is 0 Å². The molecule has 4 heterocycles. The number of hydrogen-bond acceptors (Lipinski definition) is 7. The van der Waals surface area contributed by atoms with Gasteiger partial charge in [0.25, 0.3) is 5.56 Å². The fourth-order valence-electron chi connectivity index (χ4n) is 5.19. The van der Waals surface area contributed by atoms with Gasteiger partial charge < -0.3 is 19.7 Å². The van der Waals surface area contributed by atoms with Crippen molar-refractivity contribution < 1.29 is 14.3 Å². The van der Waals surface area contributed by atoms with Gasteiger partial charge in [-0.2, -0.15) is 10.2 Å². The molecule has 3 aliphatic rings. The quantitative estimate of drug-likeness (QED) is 0.715. The number of rotatable bonds is 4. The Bertz CT molecular complexity index is 1170. The van der Waals surface area contributed by atoms with Crippen molar-refractivity contribution in [1.29, 1.82) is 5.26 Å². The fourth-order valence-corrected chi connectivity index (χ4v) is 5.19. The van der Waals surface area contributed by atoms with Crippen molar-refractivity contribution in [3.63, 3.8) is 0 Å². The lowest BCUT2D eigenvalue weighted by Gasteiger charge is -2.38. The molecule has 3 aliphatic heterocycles. The molecule has 0 aliphatic carbocycles. The number of aromatic amines is 1. The number of carbonyl (C=O) groups excluding carboxylic acids is 1. The van der Waals surface area contributed by atoms with Gasteiger partial charge in [-0.05, 0) is 23.5 Å². The smallest absolute Gasteiger partial charge is 0.258 e. The number of ether oxygens (including phenoxy) is 2. The Labute approximate surface area is 198 Å². The maximum atomic E-state index is 13.3. The van der Waals surface area contributed by atoms with Crippen LogP contribution in [0.5, 0.6) is 0 Å². The van der Waals surface area contributed by atoms with Gasteiger partial charge in [-0.1, -0.05) is 38.1 Å². The van der Waals surface area contributed by atoms with Crippen LogP contribution >= 0.6 is 0 Å². The zero-order chi connectivity index (χ0) is 23.9. The first kappa shape index (κ1) is 22.6. The lowest BCUT2D eigenvalue weighted by Crippen LogP contribution is -2.46. The van der Waals surface area contributed by atoms with Crippen LogP contribution in [0, 0.1) is 23.2 Å². The van der Waals surface area contributed by atoms with Crippen molar-refractivity contribution in [2.75, 3.05) is 36.5 Å². The number of nitrogens with one attached hydrogen (secondary N) is 2.